The number of benzene rings is 1. The van der Waals surface area contributed by atoms with Gasteiger partial charge in [0.1, 0.15) is 6.23 Å². The Bertz CT molecular complexity index is 681. The van der Waals surface area contributed by atoms with Crippen molar-refractivity contribution in [3.05, 3.63) is 35.5 Å². The lowest BCUT2D eigenvalue weighted by atomic mass is 9.94. The Morgan fingerprint density at radius 3 is 2.64 bits per heavy atom. The van der Waals surface area contributed by atoms with E-state index in [1.165, 1.54) is 23.8 Å². The number of nitrogens with one attached hydrogen (secondary N) is 2. The van der Waals surface area contributed by atoms with Crippen LogP contribution in [0.5, 0.6) is 0 Å². The van der Waals surface area contributed by atoms with Crippen LogP contribution in [0.2, 0.25) is 0 Å². The molecule has 1 aromatic heterocycles. The SMILES string of the molecule is NCCC(O)[C@@H](N)CNC(O)c1[nH]c2ccccc2c1C1CCCC1. The minimum atomic E-state index is -0.834. The molecule has 0 radical (unpaired) electrons. The van der Waals surface area contributed by atoms with Gasteiger partial charge < -0.3 is 26.7 Å². The van der Waals surface area contributed by atoms with Crippen LogP contribution in [0.3, 0.4) is 0 Å². The summed E-state index contributed by atoms with van der Waals surface area (Å²) in [5.74, 6) is 0.485. The van der Waals surface area contributed by atoms with E-state index in [2.05, 4.69) is 16.4 Å². The summed E-state index contributed by atoms with van der Waals surface area (Å²) in [7, 11) is 0. The number of aromatic nitrogens is 1. The minimum Gasteiger partial charge on any atom is -0.391 e. The molecule has 3 rings (SSSR count). The Labute approximate surface area is 148 Å². The molecule has 3 atom stereocenters. The average Bonchev–Trinajstić information content (AvgIpc) is 3.26. The molecule has 2 unspecified atom stereocenters. The molecular formula is C19H30N4O2. The third-order valence-electron chi connectivity index (χ3n) is 5.32. The maximum absolute atomic E-state index is 10.7. The molecule has 1 heterocycles. The maximum Gasteiger partial charge on any atom is 0.146 e. The number of rotatable bonds is 8. The van der Waals surface area contributed by atoms with Crippen molar-refractivity contribution in [1.29, 1.82) is 0 Å². The molecule has 1 saturated carbocycles. The summed E-state index contributed by atoms with van der Waals surface area (Å²) < 4.78 is 0. The summed E-state index contributed by atoms with van der Waals surface area (Å²) in [6.45, 7) is 0.715. The van der Waals surface area contributed by atoms with Crippen LogP contribution < -0.4 is 16.8 Å². The van der Waals surface area contributed by atoms with Crippen LogP contribution >= 0.6 is 0 Å². The molecule has 1 fully saturated rings. The Balaban J connectivity index is 1.78. The molecule has 0 bridgehead atoms. The van der Waals surface area contributed by atoms with Crippen molar-refractivity contribution in [3.63, 3.8) is 0 Å². The fourth-order valence-corrected chi connectivity index (χ4v) is 3.93. The number of H-pyrrole nitrogens is 1. The minimum absolute atomic E-state index is 0.321. The molecule has 138 valence electrons. The normalized spacial score (nSPS) is 19.4. The number of hydrogen-bond donors (Lipinski definition) is 6. The van der Waals surface area contributed by atoms with E-state index in [4.69, 9.17) is 11.5 Å². The molecule has 0 saturated heterocycles. The van der Waals surface area contributed by atoms with Crippen molar-refractivity contribution in [3.8, 4) is 0 Å². The van der Waals surface area contributed by atoms with Crippen LogP contribution in [0.15, 0.2) is 24.3 Å². The molecule has 1 aliphatic rings. The molecule has 1 aromatic carbocycles. The van der Waals surface area contributed by atoms with Crippen molar-refractivity contribution in [2.45, 2.75) is 56.4 Å². The van der Waals surface area contributed by atoms with Crippen molar-refractivity contribution < 1.29 is 10.2 Å². The molecule has 6 heteroatoms. The highest BCUT2D eigenvalue weighted by Gasteiger charge is 2.27. The predicted molar refractivity (Wildman–Crippen MR) is 100 cm³/mol. The first kappa shape index (κ1) is 18.4. The zero-order valence-corrected chi connectivity index (χ0v) is 14.6. The first-order chi connectivity index (χ1) is 12.1. The second-order valence-electron chi connectivity index (χ2n) is 7.10. The van der Waals surface area contributed by atoms with Gasteiger partial charge in [-0.1, -0.05) is 31.0 Å². The summed E-state index contributed by atoms with van der Waals surface area (Å²) >= 11 is 0. The van der Waals surface area contributed by atoms with Gasteiger partial charge in [-0.05, 0) is 43.4 Å². The lowest BCUT2D eigenvalue weighted by Gasteiger charge is -2.22. The molecule has 0 amide bonds. The summed E-state index contributed by atoms with van der Waals surface area (Å²) in [5.41, 5.74) is 14.5. The largest absolute Gasteiger partial charge is 0.391 e. The van der Waals surface area contributed by atoms with E-state index in [0.717, 1.165) is 24.1 Å². The number of aliphatic hydroxyl groups excluding tert-OH is 2. The van der Waals surface area contributed by atoms with Gasteiger partial charge in [-0.15, -0.1) is 0 Å². The molecule has 25 heavy (non-hydrogen) atoms. The van der Waals surface area contributed by atoms with Gasteiger partial charge in [0.15, 0.2) is 0 Å². The first-order valence-corrected chi connectivity index (χ1v) is 9.27. The highest BCUT2D eigenvalue weighted by molar-refractivity contribution is 5.85. The van der Waals surface area contributed by atoms with Crippen LogP contribution in [-0.2, 0) is 0 Å². The third-order valence-corrected chi connectivity index (χ3v) is 5.32. The molecule has 0 aliphatic heterocycles. The van der Waals surface area contributed by atoms with E-state index in [1.54, 1.807) is 0 Å². The van der Waals surface area contributed by atoms with E-state index >= 15 is 0 Å². The lowest BCUT2D eigenvalue weighted by Crippen LogP contribution is -2.45. The Morgan fingerprint density at radius 1 is 1.20 bits per heavy atom. The van der Waals surface area contributed by atoms with E-state index in [-0.39, 0.29) is 0 Å². The van der Waals surface area contributed by atoms with Gasteiger partial charge in [-0.3, -0.25) is 5.32 Å². The Hall–Kier alpha value is -1.44. The fraction of sp³-hybridized carbons (Fsp3) is 0.579. The third kappa shape index (κ3) is 4.04. The number of nitrogens with two attached hydrogens (primary N) is 2. The Kier molecular flexibility index (Phi) is 6.09. The zero-order valence-electron chi connectivity index (χ0n) is 14.6. The van der Waals surface area contributed by atoms with E-state index in [0.29, 0.717) is 25.4 Å². The monoisotopic (exact) mass is 346 g/mol. The molecule has 2 aromatic rings. The van der Waals surface area contributed by atoms with Gasteiger partial charge in [-0.2, -0.15) is 0 Å². The summed E-state index contributed by atoms with van der Waals surface area (Å²) in [4.78, 5) is 3.38. The first-order valence-electron chi connectivity index (χ1n) is 9.27. The van der Waals surface area contributed by atoms with E-state index in [1.807, 2.05) is 18.2 Å². The second kappa shape index (κ2) is 8.29. The van der Waals surface area contributed by atoms with Gasteiger partial charge in [0, 0.05) is 23.5 Å². The van der Waals surface area contributed by atoms with Crippen molar-refractivity contribution in [2.24, 2.45) is 11.5 Å². The maximum atomic E-state index is 10.7. The standard InChI is InChI=1S/C19H30N4O2/c20-10-9-16(24)14(21)11-22-19(25)18-17(12-5-1-2-6-12)13-7-3-4-8-15(13)23-18/h3-4,7-8,12,14,16,19,22-25H,1-2,5-6,9-11,20-21H2/t14-,16?,19?/m0/s1. The number of hydrogen-bond acceptors (Lipinski definition) is 5. The van der Waals surface area contributed by atoms with Crippen molar-refractivity contribution in [2.75, 3.05) is 13.1 Å². The van der Waals surface area contributed by atoms with E-state index < -0.39 is 18.4 Å². The van der Waals surface area contributed by atoms with Crippen LogP contribution in [0.1, 0.15) is 55.5 Å². The number of aromatic amines is 1. The zero-order chi connectivity index (χ0) is 17.8. The van der Waals surface area contributed by atoms with Crippen LogP contribution in [-0.4, -0.2) is 40.4 Å². The topological polar surface area (TPSA) is 120 Å². The molecule has 0 spiro atoms. The predicted octanol–water partition coefficient (Wildman–Crippen LogP) is 1.44. The smallest absolute Gasteiger partial charge is 0.146 e. The van der Waals surface area contributed by atoms with Crippen LogP contribution in [0.4, 0.5) is 0 Å². The molecular weight excluding hydrogens is 316 g/mol. The average molecular weight is 346 g/mol. The lowest BCUT2D eigenvalue weighted by molar-refractivity contribution is 0.103. The van der Waals surface area contributed by atoms with Gasteiger partial charge in [0.05, 0.1) is 11.8 Å². The van der Waals surface area contributed by atoms with Crippen molar-refractivity contribution >= 4 is 10.9 Å². The highest BCUT2D eigenvalue weighted by Crippen LogP contribution is 2.41. The molecule has 8 N–H and O–H groups in total. The summed E-state index contributed by atoms with van der Waals surface area (Å²) in [6, 6.07) is 7.74. The van der Waals surface area contributed by atoms with E-state index in [9.17, 15) is 10.2 Å². The van der Waals surface area contributed by atoms with Gasteiger partial charge in [0.2, 0.25) is 0 Å². The Morgan fingerprint density at radius 2 is 1.92 bits per heavy atom. The van der Waals surface area contributed by atoms with Gasteiger partial charge in [-0.25, -0.2) is 0 Å². The van der Waals surface area contributed by atoms with Crippen LogP contribution in [0.25, 0.3) is 10.9 Å². The van der Waals surface area contributed by atoms with Gasteiger partial charge >= 0.3 is 0 Å². The number of para-hydroxylation sites is 1. The summed E-state index contributed by atoms with van der Waals surface area (Å²) in [5, 5.41) is 24.9. The van der Waals surface area contributed by atoms with Crippen molar-refractivity contribution in [1.82, 2.24) is 10.3 Å². The van der Waals surface area contributed by atoms with Gasteiger partial charge in [0.25, 0.3) is 0 Å². The highest BCUT2D eigenvalue weighted by atomic mass is 16.3. The quantitative estimate of drug-likeness (QED) is 0.404. The summed E-state index contributed by atoms with van der Waals surface area (Å²) in [6.07, 6.45) is 3.76. The number of fused-ring (bicyclic) bond motifs is 1. The molecule has 6 nitrogen and oxygen atoms in total. The fourth-order valence-electron chi connectivity index (χ4n) is 3.93. The number of aliphatic hydroxyl groups is 2. The van der Waals surface area contributed by atoms with Crippen LogP contribution in [0, 0.1) is 0 Å². The molecule has 1 aliphatic carbocycles. The second-order valence-corrected chi connectivity index (χ2v) is 7.10.